The minimum Gasteiger partial charge on any atom is -0.494 e. The van der Waals surface area contributed by atoms with E-state index in [1.165, 1.54) is 5.56 Å². The fraction of sp³-hybridized carbons (Fsp3) is 0.440. The molecule has 0 fully saturated rings. The van der Waals surface area contributed by atoms with E-state index in [1.54, 1.807) is 6.21 Å². The molecule has 2 rings (SSSR count). The summed E-state index contributed by atoms with van der Waals surface area (Å²) in [6, 6.07) is 15.4. The molecule has 0 saturated carbocycles. The Balaban J connectivity index is 1.81. The fourth-order valence-electron chi connectivity index (χ4n) is 3.61. The molecule has 5 heteroatoms. The molecule has 2 aromatic carbocycles. The highest BCUT2D eigenvalue weighted by atomic mass is 16.5. The van der Waals surface area contributed by atoms with Gasteiger partial charge in [-0.2, -0.15) is 5.10 Å². The van der Waals surface area contributed by atoms with E-state index in [1.807, 2.05) is 43.3 Å². The number of ether oxygens (including phenoxy) is 2. The maximum absolute atomic E-state index is 12.0. The van der Waals surface area contributed by atoms with Crippen LogP contribution in [0.5, 0.6) is 11.5 Å². The first kappa shape index (κ1) is 23.5. The Morgan fingerprint density at radius 1 is 0.933 bits per heavy atom. The molecule has 0 spiro atoms. The van der Waals surface area contributed by atoms with E-state index in [-0.39, 0.29) is 23.3 Å². The van der Waals surface area contributed by atoms with E-state index in [0.29, 0.717) is 12.4 Å². The SMILES string of the molecule is CCOc1ccc(/C=N\NC(=O)COc2ccc(C(C)(C)CC(C)(C)C)cc2)cc1. The second-order valence-electron chi connectivity index (χ2n) is 9.23. The zero-order valence-electron chi connectivity index (χ0n) is 19.0. The highest BCUT2D eigenvalue weighted by molar-refractivity contribution is 5.83. The van der Waals surface area contributed by atoms with Gasteiger partial charge in [-0.1, -0.05) is 46.8 Å². The van der Waals surface area contributed by atoms with Crippen LogP contribution in [0.2, 0.25) is 0 Å². The molecule has 0 aliphatic carbocycles. The van der Waals surface area contributed by atoms with Gasteiger partial charge in [0.1, 0.15) is 11.5 Å². The summed E-state index contributed by atoms with van der Waals surface area (Å²) in [6.45, 7) is 13.7. The molecule has 1 amide bonds. The van der Waals surface area contributed by atoms with E-state index in [9.17, 15) is 4.79 Å². The second kappa shape index (κ2) is 10.3. The Morgan fingerprint density at radius 2 is 1.50 bits per heavy atom. The first-order valence-corrected chi connectivity index (χ1v) is 10.4. The summed E-state index contributed by atoms with van der Waals surface area (Å²) in [5, 5.41) is 3.96. The number of nitrogens with zero attached hydrogens (tertiary/aromatic N) is 1. The lowest BCUT2D eigenvalue weighted by Gasteiger charge is -2.33. The zero-order chi connectivity index (χ0) is 22.2. The number of amides is 1. The summed E-state index contributed by atoms with van der Waals surface area (Å²) in [6.07, 6.45) is 2.66. The van der Waals surface area contributed by atoms with Gasteiger partial charge < -0.3 is 9.47 Å². The van der Waals surface area contributed by atoms with Crippen molar-refractivity contribution in [1.29, 1.82) is 0 Å². The summed E-state index contributed by atoms with van der Waals surface area (Å²) < 4.78 is 11.0. The molecule has 0 bridgehead atoms. The summed E-state index contributed by atoms with van der Waals surface area (Å²) >= 11 is 0. The predicted molar refractivity (Wildman–Crippen MR) is 122 cm³/mol. The number of hydrogen-bond acceptors (Lipinski definition) is 4. The van der Waals surface area contributed by atoms with E-state index >= 15 is 0 Å². The van der Waals surface area contributed by atoms with E-state index in [0.717, 1.165) is 17.7 Å². The molecular formula is C25H34N2O3. The van der Waals surface area contributed by atoms with Crippen molar-refractivity contribution in [2.45, 2.75) is 53.4 Å². The van der Waals surface area contributed by atoms with Gasteiger partial charge in [0.25, 0.3) is 5.91 Å². The molecule has 1 N–H and O–H groups in total. The minimum atomic E-state index is -0.311. The summed E-state index contributed by atoms with van der Waals surface area (Å²) in [5.41, 5.74) is 4.93. The summed E-state index contributed by atoms with van der Waals surface area (Å²) in [7, 11) is 0. The zero-order valence-corrected chi connectivity index (χ0v) is 19.0. The Morgan fingerprint density at radius 3 is 2.07 bits per heavy atom. The second-order valence-corrected chi connectivity index (χ2v) is 9.23. The molecule has 0 saturated heterocycles. The Labute approximate surface area is 180 Å². The van der Waals surface area contributed by atoms with Crippen LogP contribution in [-0.2, 0) is 10.2 Å². The van der Waals surface area contributed by atoms with E-state index < -0.39 is 0 Å². The standard InChI is InChI=1S/C25H34N2O3/c1-7-29-21-12-8-19(9-13-21)16-26-27-23(28)17-30-22-14-10-20(11-15-22)25(5,6)18-24(2,3)4/h8-16H,7,17-18H2,1-6H3,(H,27,28)/b26-16-. The maximum Gasteiger partial charge on any atom is 0.277 e. The molecule has 2 aromatic rings. The van der Waals surface area contributed by atoms with Crippen molar-refractivity contribution in [3.63, 3.8) is 0 Å². The average Bonchev–Trinajstić information content (AvgIpc) is 2.66. The van der Waals surface area contributed by atoms with Crippen LogP contribution in [0.4, 0.5) is 0 Å². The third-order valence-electron chi connectivity index (χ3n) is 4.57. The van der Waals surface area contributed by atoms with Crippen molar-refractivity contribution in [3.05, 3.63) is 59.7 Å². The maximum atomic E-state index is 12.0. The van der Waals surface area contributed by atoms with Crippen molar-refractivity contribution in [2.24, 2.45) is 10.5 Å². The van der Waals surface area contributed by atoms with Crippen LogP contribution in [0.15, 0.2) is 53.6 Å². The number of rotatable bonds is 9. The molecule has 0 heterocycles. The van der Waals surface area contributed by atoms with Crippen molar-refractivity contribution >= 4 is 12.1 Å². The normalized spacial score (nSPS) is 12.1. The lowest BCUT2D eigenvalue weighted by atomic mass is 9.72. The van der Waals surface area contributed by atoms with Crippen LogP contribution in [-0.4, -0.2) is 25.3 Å². The molecule has 0 atom stereocenters. The molecule has 0 aliphatic rings. The number of nitrogens with one attached hydrogen (secondary N) is 1. The highest BCUT2D eigenvalue weighted by Gasteiger charge is 2.27. The van der Waals surface area contributed by atoms with Gasteiger partial charge in [0.15, 0.2) is 6.61 Å². The van der Waals surface area contributed by atoms with Gasteiger partial charge >= 0.3 is 0 Å². The Kier molecular flexibility index (Phi) is 8.04. The molecule has 5 nitrogen and oxygen atoms in total. The molecule has 0 unspecified atom stereocenters. The van der Waals surface area contributed by atoms with Crippen LogP contribution in [0, 0.1) is 5.41 Å². The molecular weight excluding hydrogens is 376 g/mol. The van der Waals surface area contributed by atoms with Crippen LogP contribution in [0.1, 0.15) is 59.1 Å². The number of carbonyl (C=O) groups excluding carboxylic acids is 1. The Hall–Kier alpha value is -2.82. The third kappa shape index (κ3) is 7.90. The van der Waals surface area contributed by atoms with Crippen LogP contribution in [0.25, 0.3) is 0 Å². The molecule has 0 aliphatic heterocycles. The third-order valence-corrected chi connectivity index (χ3v) is 4.57. The summed E-state index contributed by atoms with van der Waals surface area (Å²) in [4.78, 5) is 12.0. The largest absolute Gasteiger partial charge is 0.494 e. The lowest BCUT2D eigenvalue weighted by molar-refractivity contribution is -0.123. The summed E-state index contributed by atoms with van der Waals surface area (Å²) in [5.74, 6) is 1.16. The van der Waals surface area contributed by atoms with Gasteiger partial charge in [-0.15, -0.1) is 0 Å². The van der Waals surface area contributed by atoms with Crippen molar-refractivity contribution in [3.8, 4) is 11.5 Å². The Bertz CT molecular complexity index is 832. The monoisotopic (exact) mass is 410 g/mol. The van der Waals surface area contributed by atoms with Crippen LogP contribution in [0.3, 0.4) is 0 Å². The van der Waals surface area contributed by atoms with Crippen LogP contribution >= 0.6 is 0 Å². The average molecular weight is 411 g/mol. The smallest absolute Gasteiger partial charge is 0.277 e. The van der Waals surface area contributed by atoms with Gasteiger partial charge in [0.2, 0.25) is 0 Å². The van der Waals surface area contributed by atoms with Gasteiger partial charge in [-0.3, -0.25) is 4.79 Å². The first-order chi connectivity index (χ1) is 14.1. The lowest BCUT2D eigenvalue weighted by Crippen LogP contribution is -2.25. The number of benzene rings is 2. The number of carbonyl (C=O) groups is 1. The predicted octanol–water partition coefficient (Wildman–Crippen LogP) is 5.33. The molecule has 162 valence electrons. The van der Waals surface area contributed by atoms with E-state index in [4.69, 9.17) is 9.47 Å². The minimum absolute atomic E-state index is 0.0732. The van der Waals surface area contributed by atoms with E-state index in [2.05, 4.69) is 57.3 Å². The quantitative estimate of drug-likeness (QED) is 0.449. The van der Waals surface area contributed by atoms with Crippen molar-refractivity contribution in [2.75, 3.05) is 13.2 Å². The number of hydrazone groups is 1. The highest BCUT2D eigenvalue weighted by Crippen LogP contribution is 2.36. The number of hydrogen-bond donors (Lipinski definition) is 1. The fourth-order valence-corrected chi connectivity index (χ4v) is 3.61. The topological polar surface area (TPSA) is 59.9 Å². The molecule has 0 radical (unpaired) electrons. The van der Waals surface area contributed by atoms with Gasteiger partial charge in [-0.05, 0) is 71.7 Å². The van der Waals surface area contributed by atoms with Crippen molar-refractivity contribution < 1.29 is 14.3 Å². The molecule has 0 aromatic heterocycles. The molecule has 30 heavy (non-hydrogen) atoms. The van der Waals surface area contributed by atoms with Gasteiger partial charge in [-0.25, -0.2) is 5.43 Å². The first-order valence-electron chi connectivity index (χ1n) is 10.4. The van der Waals surface area contributed by atoms with Gasteiger partial charge in [0.05, 0.1) is 12.8 Å². The van der Waals surface area contributed by atoms with Crippen molar-refractivity contribution in [1.82, 2.24) is 5.43 Å². The van der Waals surface area contributed by atoms with Gasteiger partial charge in [0, 0.05) is 0 Å². The van der Waals surface area contributed by atoms with Crippen LogP contribution < -0.4 is 14.9 Å².